The molecule has 0 aromatic heterocycles. The smallest absolute Gasteiger partial charge is 0.300 e. The molecule has 14 aromatic rings. The van der Waals surface area contributed by atoms with Crippen LogP contribution < -0.4 is 41.6 Å². The van der Waals surface area contributed by atoms with E-state index in [0.717, 1.165) is 138 Å². The third kappa shape index (κ3) is 40.4. The molecule has 1 fully saturated rings. The topological polar surface area (TPSA) is 208 Å². The van der Waals surface area contributed by atoms with Gasteiger partial charge < -0.3 is 24.7 Å². The Bertz CT molecular complexity index is 6750. The molecule has 0 aliphatic carbocycles. The summed E-state index contributed by atoms with van der Waals surface area (Å²) < 4.78 is 5.95. The number of ketones is 2. The predicted octanol–water partition coefficient (Wildman–Crippen LogP) is 24.1. The summed E-state index contributed by atoms with van der Waals surface area (Å²) >= 11 is 3.49. The fourth-order valence-electron chi connectivity index (χ4n) is 14.9. The van der Waals surface area contributed by atoms with Gasteiger partial charge in [-0.25, -0.2) is 0 Å². The molecule has 14 aromatic carbocycles. The second-order valence-electron chi connectivity index (χ2n) is 37.2. The first-order chi connectivity index (χ1) is 70.1. The zero-order chi connectivity index (χ0) is 105. The van der Waals surface area contributed by atoms with Gasteiger partial charge in [-0.2, -0.15) is 0 Å². The third-order valence-electron chi connectivity index (χ3n) is 21.9. The third-order valence-corrected chi connectivity index (χ3v) is 29.9. The maximum Gasteiger partial charge on any atom is 0.300 e. The molecule has 15 nitrogen and oxygen atoms in total. The molecule has 2 amide bonds. The second-order valence-corrected chi connectivity index (χ2v) is 56.8. The molecule has 19 rings (SSSR count). The number of carboxylic acids is 2. The summed E-state index contributed by atoms with van der Waals surface area (Å²) in [5.41, 5.74) is 27.6. The van der Waals surface area contributed by atoms with E-state index in [2.05, 4.69) is 323 Å². The molecule has 0 saturated carbocycles. The summed E-state index contributed by atoms with van der Waals surface area (Å²) in [6.07, 6.45) is 14.1. The number of hydrogen-bond donors (Lipinski definition) is 2. The van der Waals surface area contributed by atoms with Crippen molar-refractivity contribution in [2.45, 2.75) is 113 Å². The molecule has 0 bridgehead atoms. The minimum absolute atomic E-state index is 0. The number of benzodiazepines with no additional fused rings is 2. The van der Waals surface area contributed by atoms with Gasteiger partial charge in [-0.1, -0.05) is 423 Å². The summed E-state index contributed by atoms with van der Waals surface area (Å²) in [7, 11) is -1.30. The van der Waals surface area contributed by atoms with E-state index in [9.17, 15) is 19.2 Å². The molecular weight excluding hydrogens is 2090 g/mol. The van der Waals surface area contributed by atoms with Crippen LogP contribution in [0.15, 0.2) is 401 Å². The van der Waals surface area contributed by atoms with Crippen LogP contribution in [-0.4, -0.2) is 146 Å². The van der Waals surface area contributed by atoms with Crippen molar-refractivity contribution in [3.63, 3.8) is 0 Å². The average molecular weight is 2220 g/mol. The van der Waals surface area contributed by atoms with Gasteiger partial charge in [0.05, 0.1) is 47.3 Å². The zero-order valence-electron chi connectivity index (χ0n) is 85.5. The number of hydrogen-bond acceptors (Lipinski definition) is 11. The fourth-order valence-corrected chi connectivity index (χ4v) is 20.9. The molecular formula is C127H133BrN6O9P2PdSi3. The summed E-state index contributed by atoms with van der Waals surface area (Å²) in [5.74, 6) is 7.87. The number of rotatable bonds is 10. The Balaban J connectivity index is 0.000000233. The molecule has 22 heteroatoms. The molecule has 5 aliphatic rings. The fraction of sp³-hybridized carbons (Fsp3) is 0.197. The molecule has 764 valence electrons. The van der Waals surface area contributed by atoms with Crippen LogP contribution in [0.1, 0.15) is 114 Å². The normalized spacial score (nSPS) is 12.7. The number of aliphatic imine (C=N–C) groups is 4. The van der Waals surface area contributed by atoms with Crippen LogP contribution in [0.5, 0.6) is 0 Å². The maximum atomic E-state index is 12.3. The van der Waals surface area contributed by atoms with Crippen molar-refractivity contribution in [3.8, 4) is 47.2 Å². The predicted molar refractivity (Wildman–Crippen MR) is 636 cm³/mol. The largest absolute Gasteiger partial charge is 0.481 e. The Kier molecular flexibility index (Phi) is 50.8. The van der Waals surface area contributed by atoms with E-state index in [0.29, 0.717) is 12.8 Å². The van der Waals surface area contributed by atoms with E-state index in [4.69, 9.17) is 37.4 Å². The number of carboxylic acid groups (broad SMARTS) is 2. The number of likely N-dealkylation sites (N-methyl/N-ethyl adjacent to an activating group) is 2. The van der Waals surface area contributed by atoms with Crippen molar-refractivity contribution in [1.29, 1.82) is 0 Å². The van der Waals surface area contributed by atoms with Crippen LogP contribution in [0.2, 0.25) is 58.9 Å². The maximum absolute atomic E-state index is 12.3. The number of fused-ring (bicyclic) bond motifs is 4. The number of ether oxygens (including phenoxy) is 1. The number of benzene rings is 14. The molecule has 2 N–H and O–H groups in total. The van der Waals surface area contributed by atoms with Crippen LogP contribution in [0, 0.1) is 47.2 Å². The minimum atomic E-state index is -1.45. The van der Waals surface area contributed by atoms with Crippen LogP contribution in [-0.2, 0) is 66.8 Å². The molecule has 5 aliphatic heterocycles. The summed E-state index contributed by atoms with van der Waals surface area (Å²) in [4.78, 5) is 87.7. The van der Waals surface area contributed by atoms with Gasteiger partial charge in [0, 0.05) is 140 Å². The van der Waals surface area contributed by atoms with Crippen molar-refractivity contribution in [3.05, 3.63) is 453 Å². The van der Waals surface area contributed by atoms with Gasteiger partial charge in [0.1, 0.15) is 37.3 Å². The van der Waals surface area contributed by atoms with E-state index in [-0.39, 0.29) is 84.8 Å². The number of anilines is 2. The first-order valence-electron chi connectivity index (χ1n) is 48.2. The first kappa shape index (κ1) is 122. The molecule has 1 saturated heterocycles. The number of halogens is 1. The van der Waals surface area contributed by atoms with E-state index >= 15 is 0 Å². The number of terminal acetylenes is 2. The first-order valence-corrected chi connectivity index (χ1v) is 62.2. The van der Waals surface area contributed by atoms with Crippen LogP contribution in [0.3, 0.4) is 0 Å². The Hall–Kier alpha value is -14.2. The number of carbonyl (C=O) groups excluding carboxylic acids is 4. The molecule has 0 radical (unpaired) electrons. The molecule has 5 heterocycles. The van der Waals surface area contributed by atoms with Gasteiger partial charge in [-0.3, -0.25) is 48.7 Å². The van der Waals surface area contributed by atoms with Crippen molar-refractivity contribution in [2.24, 2.45) is 20.0 Å². The van der Waals surface area contributed by atoms with Crippen LogP contribution in [0.4, 0.5) is 11.4 Å². The number of nitrogens with zero attached hydrogens (tertiary/aromatic N) is 6. The quantitative estimate of drug-likeness (QED) is 0.0757. The number of aliphatic carboxylic acids is 2. The van der Waals surface area contributed by atoms with Crippen molar-refractivity contribution < 1.29 is 64.1 Å². The van der Waals surface area contributed by atoms with Crippen LogP contribution >= 0.6 is 31.8 Å². The van der Waals surface area contributed by atoms with Gasteiger partial charge in [0.2, 0.25) is 11.8 Å². The second kappa shape index (κ2) is 62.2. The molecule has 0 atom stereocenters. The number of Topliss-reactive ketones (excluding diaryl/α,β-unsaturated/α-hetero) is 2. The van der Waals surface area contributed by atoms with Crippen molar-refractivity contribution >= 4 is 157 Å². The summed E-state index contributed by atoms with van der Waals surface area (Å²) in [5, 5.41) is 23.2. The van der Waals surface area contributed by atoms with Crippen LogP contribution in [0.25, 0.3) is 0 Å². The van der Waals surface area contributed by atoms with Gasteiger partial charge >= 0.3 is 0 Å². The summed E-state index contributed by atoms with van der Waals surface area (Å²) in [6, 6.07) is 128. The Morgan fingerprint density at radius 3 is 0.859 bits per heavy atom. The van der Waals surface area contributed by atoms with Gasteiger partial charge in [0.25, 0.3) is 11.9 Å². The van der Waals surface area contributed by atoms with Crippen molar-refractivity contribution in [1.82, 2.24) is 0 Å². The molecule has 0 unspecified atom stereocenters. The SMILES string of the molecule is C.C.C#C[Si](C)(C)C.C#Cc1ccc2c(c1)C(c1ccccc1)=NCC(=O)N2C.C1CCOC1.CC(=O)O.CC(=O)O.CN1C(=O)CN=C(c2ccccc2)c2cc(C#C[Si](C)(C)C)ccc21.C[Si](C)(C)C#Cc1ccc2c(c1)C(c1ccccc1)=NCC(=O)C2.O=C1CN=C(c2ccccc2)c2cc(Br)ccc2C1.[Pd].c1ccc(P(c2ccccc2)c2ccccc2)cc1.c1ccc(P(c2ccccc2)c2ccccc2)cc1. The van der Waals surface area contributed by atoms with E-state index in [1.54, 1.807) is 23.9 Å². The zero-order valence-corrected chi connectivity index (χ0v) is 93.5. The van der Waals surface area contributed by atoms with Crippen molar-refractivity contribution in [2.75, 3.05) is 63.3 Å². The van der Waals surface area contributed by atoms with E-state index in [1.165, 1.54) is 44.7 Å². The van der Waals surface area contributed by atoms with Gasteiger partial charge in [0.15, 0.2) is 11.6 Å². The van der Waals surface area contributed by atoms with E-state index in [1.807, 2.05) is 182 Å². The number of carbonyl (C=O) groups is 6. The van der Waals surface area contributed by atoms with Gasteiger partial charge in [-0.15, -0.1) is 29.5 Å². The average Bonchev–Trinajstić information content (AvgIpc) is 1.65. The summed E-state index contributed by atoms with van der Waals surface area (Å²) in [6.45, 7) is 24.8. The van der Waals surface area contributed by atoms with E-state index < -0.39 is 52.0 Å². The molecule has 0 spiro atoms. The van der Waals surface area contributed by atoms with Gasteiger partial charge in [-0.05, 0) is 132 Å². The number of amides is 2. The molecule has 149 heavy (non-hydrogen) atoms. The Labute approximate surface area is 910 Å². The Morgan fingerprint density at radius 2 is 0.591 bits per heavy atom. The standard InChI is InChI=1S/C21H22N2OSi.C21H21NOSi.C18H14N2O.2C18H15P.C16H12BrNO.C5H10Si.C4H8O.2C2H4O2.2CH4.Pd/c1-23-19-11-10-16(12-13-25(2,3)4)14-18(19)21(22-15-20(23)24)17-8-6-5-7-9-17;1-24(2,3)12-11-16-9-10-18-14-19(23)15-22-21(20(18)13-16)17-7-5-4-6-8-17;1-3-13-9-10-16-15(11-13)18(14-7-5-4-6-8-14)19-12-17(21)20(16)2;2*1-4-10-16(11-5-1)19(17-12-6-2-7-13-17)18-14-8-3-9-15-18;17-13-7-6-12-8-14(19)10-18-16(15(12)9-13)11-4-2-1-3-5-11;1-5-6(2,3)4;1-2-4-5-3-1;2*1-2(3)4;;;/h5-11,14H,15H2,1-4H3;4-10,13H,14-15H2,1-3H3;1,4-11H,12H2,2H3;2*1-15H;1-7,9H,8,10H2;1H,2-4H3;1-4H2;2*1H3,(H,3,4);2*1H4;. The monoisotopic (exact) mass is 2220 g/mol. The minimum Gasteiger partial charge on any atom is -0.481 e. The Morgan fingerprint density at radius 1 is 0.349 bits per heavy atom.